The zero-order chi connectivity index (χ0) is 16.7. The number of hydrogen-bond acceptors (Lipinski definition) is 5. The number of halogens is 1. The van der Waals surface area contributed by atoms with Crippen molar-refractivity contribution >= 4 is 22.4 Å². The molecule has 1 aromatic carbocycles. The van der Waals surface area contributed by atoms with E-state index >= 15 is 0 Å². The number of nitrogens with one attached hydrogen (secondary N) is 1. The van der Waals surface area contributed by atoms with Crippen LogP contribution in [0.25, 0.3) is 11.0 Å². The van der Waals surface area contributed by atoms with Crippen molar-refractivity contribution in [2.75, 3.05) is 11.1 Å². The highest BCUT2D eigenvalue weighted by Gasteiger charge is 2.05. The summed E-state index contributed by atoms with van der Waals surface area (Å²) in [7, 11) is 0. The Morgan fingerprint density at radius 1 is 1.09 bits per heavy atom. The number of benzene rings is 1. The van der Waals surface area contributed by atoms with Gasteiger partial charge < -0.3 is 11.1 Å². The van der Waals surface area contributed by atoms with Gasteiger partial charge in [-0.15, -0.1) is 0 Å². The van der Waals surface area contributed by atoms with E-state index in [1.807, 2.05) is 18.2 Å². The zero-order valence-electron chi connectivity index (χ0n) is 13.3. The highest BCUT2D eigenvalue weighted by atomic mass is 19.1. The molecular weight excluding hydrogens is 293 g/mol. The van der Waals surface area contributed by atoms with Crippen LogP contribution in [0.5, 0.6) is 0 Å². The van der Waals surface area contributed by atoms with Crippen LogP contribution in [0.3, 0.4) is 0 Å². The Bertz CT molecular complexity index is 776. The van der Waals surface area contributed by atoms with Crippen molar-refractivity contribution in [2.45, 2.75) is 26.8 Å². The van der Waals surface area contributed by atoms with E-state index in [1.54, 1.807) is 12.4 Å². The number of anilines is 2. The molecular formula is C17H20FN5. The van der Waals surface area contributed by atoms with Crippen LogP contribution in [0.15, 0.2) is 43.0 Å². The Morgan fingerprint density at radius 3 is 2.52 bits per heavy atom. The minimum atomic E-state index is -0.528. The topological polar surface area (TPSA) is 76.7 Å². The largest absolute Gasteiger partial charge is 0.395 e. The predicted molar refractivity (Wildman–Crippen MR) is 91.4 cm³/mol. The summed E-state index contributed by atoms with van der Waals surface area (Å²) in [5.74, 6) is -0.528. The molecule has 0 bridgehead atoms. The van der Waals surface area contributed by atoms with Crippen LogP contribution in [-0.4, -0.2) is 15.0 Å². The van der Waals surface area contributed by atoms with Gasteiger partial charge >= 0.3 is 0 Å². The first-order valence-electron chi connectivity index (χ1n) is 7.48. The van der Waals surface area contributed by atoms with Gasteiger partial charge in [-0.05, 0) is 17.7 Å². The van der Waals surface area contributed by atoms with Gasteiger partial charge in [0.25, 0.3) is 0 Å². The fourth-order valence-electron chi connectivity index (χ4n) is 1.90. The van der Waals surface area contributed by atoms with Crippen molar-refractivity contribution in [2.24, 2.45) is 0 Å². The third-order valence-corrected chi connectivity index (χ3v) is 2.96. The molecule has 0 aliphatic heterocycles. The Labute approximate surface area is 134 Å². The number of hydrogen-bond donors (Lipinski definition) is 2. The lowest BCUT2D eigenvalue weighted by molar-refractivity contribution is 0.626. The molecule has 2 aromatic heterocycles. The molecule has 0 atom stereocenters. The lowest BCUT2D eigenvalue weighted by Gasteiger charge is -2.09. The third-order valence-electron chi connectivity index (χ3n) is 2.96. The molecule has 0 aliphatic carbocycles. The Kier molecular flexibility index (Phi) is 5.80. The molecule has 6 heteroatoms. The van der Waals surface area contributed by atoms with E-state index in [0.717, 1.165) is 22.8 Å². The first kappa shape index (κ1) is 16.6. The SMILES string of the molecule is CCC.Nc1c(F)cncc1NCc1ccc2nccnc2c1. The quantitative estimate of drug-likeness (QED) is 0.769. The maximum Gasteiger partial charge on any atom is 0.166 e. The highest BCUT2D eigenvalue weighted by Crippen LogP contribution is 2.20. The molecule has 0 fully saturated rings. The molecule has 5 nitrogen and oxygen atoms in total. The highest BCUT2D eigenvalue weighted by molar-refractivity contribution is 5.74. The summed E-state index contributed by atoms with van der Waals surface area (Å²) in [5.41, 5.74) is 8.84. The average molecular weight is 313 g/mol. The second-order valence-corrected chi connectivity index (χ2v) is 5.02. The predicted octanol–water partition coefficient (Wildman–Crippen LogP) is 3.77. The molecule has 0 spiro atoms. The Hall–Kier alpha value is -2.76. The van der Waals surface area contributed by atoms with E-state index in [-0.39, 0.29) is 5.69 Å². The van der Waals surface area contributed by atoms with Crippen molar-refractivity contribution in [3.05, 3.63) is 54.4 Å². The smallest absolute Gasteiger partial charge is 0.166 e. The summed E-state index contributed by atoms with van der Waals surface area (Å²) in [6, 6.07) is 5.76. The van der Waals surface area contributed by atoms with E-state index in [4.69, 9.17) is 5.73 Å². The van der Waals surface area contributed by atoms with Gasteiger partial charge in [-0.2, -0.15) is 0 Å². The molecule has 0 saturated heterocycles. The lowest BCUT2D eigenvalue weighted by Crippen LogP contribution is -2.04. The van der Waals surface area contributed by atoms with Gasteiger partial charge in [-0.25, -0.2) is 4.39 Å². The first-order valence-corrected chi connectivity index (χ1v) is 7.48. The van der Waals surface area contributed by atoms with E-state index in [1.165, 1.54) is 12.6 Å². The number of nitrogens with two attached hydrogens (primary N) is 1. The molecule has 120 valence electrons. The molecule has 0 radical (unpaired) electrons. The normalized spacial score (nSPS) is 10.0. The van der Waals surface area contributed by atoms with E-state index in [2.05, 4.69) is 34.1 Å². The van der Waals surface area contributed by atoms with E-state index < -0.39 is 5.82 Å². The zero-order valence-corrected chi connectivity index (χ0v) is 13.3. The van der Waals surface area contributed by atoms with Crippen LogP contribution in [0.1, 0.15) is 25.8 Å². The molecule has 0 amide bonds. The van der Waals surface area contributed by atoms with Gasteiger partial charge in [0.15, 0.2) is 5.82 Å². The second-order valence-electron chi connectivity index (χ2n) is 5.02. The molecule has 0 aliphatic rings. The van der Waals surface area contributed by atoms with Crippen LogP contribution in [-0.2, 0) is 6.54 Å². The van der Waals surface area contributed by atoms with Crippen molar-refractivity contribution in [3.63, 3.8) is 0 Å². The Morgan fingerprint density at radius 2 is 1.78 bits per heavy atom. The van der Waals surface area contributed by atoms with Crippen LogP contribution in [0.4, 0.5) is 15.8 Å². The van der Waals surface area contributed by atoms with Gasteiger partial charge in [0.2, 0.25) is 0 Å². The summed E-state index contributed by atoms with van der Waals surface area (Å²) in [6.45, 7) is 4.75. The number of fused-ring (bicyclic) bond motifs is 1. The standard InChI is InChI=1S/C14H12FN5.C3H8/c15-10-7-17-8-13(14(10)16)20-6-9-1-2-11-12(5-9)19-4-3-18-11;1-3-2/h1-5,7-8,20H,6H2,(H2,16,17);3H2,1-2H3. The fraction of sp³-hybridized carbons (Fsp3) is 0.235. The molecule has 3 aromatic rings. The number of rotatable bonds is 3. The lowest BCUT2D eigenvalue weighted by atomic mass is 10.2. The van der Waals surface area contributed by atoms with E-state index in [9.17, 15) is 4.39 Å². The van der Waals surface area contributed by atoms with Crippen LogP contribution >= 0.6 is 0 Å². The number of pyridine rings is 1. The second kappa shape index (κ2) is 8.03. The summed E-state index contributed by atoms with van der Waals surface area (Å²) < 4.78 is 13.3. The van der Waals surface area contributed by atoms with E-state index in [0.29, 0.717) is 12.2 Å². The molecule has 3 N–H and O–H groups in total. The monoisotopic (exact) mass is 313 g/mol. The van der Waals surface area contributed by atoms with Gasteiger partial charge in [0, 0.05) is 18.9 Å². The Balaban J connectivity index is 0.000000595. The maximum absolute atomic E-state index is 13.3. The molecule has 2 heterocycles. The van der Waals surface area contributed by atoms with Crippen molar-refractivity contribution < 1.29 is 4.39 Å². The molecule has 23 heavy (non-hydrogen) atoms. The maximum atomic E-state index is 13.3. The van der Waals surface area contributed by atoms with Crippen LogP contribution in [0, 0.1) is 5.82 Å². The van der Waals surface area contributed by atoms with Crippen molar-refractivity contribution in [1.82, 2.24) is 15.0 Å². The average Bonchev–Trinajstić information content (AvgIpc) is 2.57. The summed E-state index contributed by atoms with van der Waals surface area (Å²) in [5, 5.41) is 3.06. The van der Waals surface area contributed by atoms with Crippen LogP contribution < -0.4 is 11.1 Å². The third kappa shape index (κ3) is 4.35. The molecule has 3 rings (SSSR count). The minimum absolute atomic E-state index is 0.0700. The first-order chi connectivity index (χ1) is 11.2. The number of nitrogens with zero attached hydrogens (tertiary/aromatic N) is 3. The number of nitrogen functional groups attached to an aromatic ring is 1. The molecule has 0 saturated carbocycles. The van der Waals surface area contributed by atoms with Crippen molar-refractivity contribution in [3.8, 4) is 0 Å². The van der Waals surface area contributed by atoms with Crippen LogP contribution in [0.2, 0.25) is 0 Å². The summed E-state index contributed by atoms with van der Waals surface area (Å²) >= 11 is 0. The minimum Gasteiger partial charge on any atom is -0.395 e. The van der Waals surface area contributed by atoms with Gasteiger partial charge in [0.05, 0.1) is 34.8 Å². The van der Waals surface area contributed by atoms with Gasteiger partial charge in [-0.3, -0.25) is 15.0 Å². The summed E-state index contributed by atoms with van der Waals surface area (Å²) in [4.78, 5) is 12.2. The van der Waals surface area contributed by atoms with Gasteiger partial charge in [-0.1, -0.05) is 26.3 Å². The fourth-order valence-corrected chi connectivity index (χ4v) is 1.90. The summed E-state index contributed by atoms with van der Waals surface area (Å²) in [6.07, 6.45) is 7.14. The molecule has 0 unspecified atom stereocenters. The number of aromatic nitrogens is 3. The van der Waals surface area contributed by atoms with Gasteiger partial charge in [0.1, 0.15) is 0 Å². The van der Waals surface area contributed by atoms with Crippen molar-refractivity contribution in [1.29, 1.82) is 0 Å².